The molecule has 0 heterocycles. The van der Waals surface area contributed by atoms with E-state index < -0.39 is 0 Å². The van der Waals surface area contributed by atoms with Crippen LogP contribution in [0.4, 0.5) is 5.69 Å². The number of thioether (sulfide) groups is 1. The molecule has 0 saturated carbocycles. The van der Waals surface area contributed by atoms with Gasteiger partial charge in [0.2, 0.25) is 0 Å². The van der Waals surface area contributed by atoms with E-state index >= 15 is 0 Å². The smallest absolute Gasteiger partial charge is 0.0622 e. The fourth-order valence-corrected chi connectivity index (χ4v) is 1.76. The van der Waals surface area contributed by atoms with Gasteiger partial charge in [0.05, 0.1) is 6.07 Å². The molecule has 0 fully saturated rings. The normalized spacial score (nSPS) is 9.46. The fourth-order valence-electron chi connectivity index (χ4n) is 0.905. The molecule has 0 bridgehead atoms. The van der Waals surface area contributed by atoms with Crippen molar-refractivity contribution in [1.82, 2.24) is 0 Å². The molecule has 0 unspecified atom stereocenters. The molecule has 2 N–H and O–H groups in total. The molecule has 3 heteroatoms. The number of unbranched alkanes of at least 4 members (excludes halogenated alkanes) is 1. The molecule has 0 amide bonds. The van der Waals surface area contributed by atoms with Crippen LogP contribution >= 0.6 is 11.8 Å². The molecule has 0 atom stereocenters. The quantitative estimate of drug-likeness (QED) is 0.453. The van der Waals surface area contributed by atoms with Gasteiger partial charge in [0.1, 0.15) is 0 Å². The molecule has 1 aromatic carbocycles. The maximum Gasteiger partial charge on any atom is 0.0622 e. The van der Waals surface area contributed by atoms with Crippen molar-refractivity contribution >= 4 is 17.4 Å². The standard InChI is InChI=1S/C10H12N2S/c11-7-1-2-8-13-10-5-3-9(12)4-6-10/h3-6H,1-2,8,12H2. The Bertz CT molecular complexity index is 287. The lowest BCUT2D eigenvalue weighted by molar-refractivity contribution is 0.981. The molecule has 13 heavy (non-hydrogen) atoms. The molecule has 0 radical (unpaired) electrons. The molecule has 0 aliphatic rings. The van der Waals surface area contributed by atoms with Gasteiger partial charge in [0.15, 0.2) is 0 Å². The van der Waals surface area contributed by atoms with Crippen LogP contribution in [0.25, 0.3) is 0 Å². The molecule has 1 rings (SSSR count). The van der Waals surface area contributed by atoms with Gasteiger partial charge in [-0.05, 0) is 36.4 Å². The summed E-state index contributed by atoms with van der Waals surface area (Å²) < 4.78 is 0. The Morgan fingerprint density at radius 3 is 2.62 bits per heavy atom. The maximum atomic E-state index is 8.32. The highest BCUT2D eigenvalue weighted by molar-refractivity contribution is 7.99. The second kappa shape index (κ2) is 5.50. The Kier molecular flexibility index (Phi) is 4.20. The van der Waals surface area contributed by atoms with Gasteiger partial charge in [-0.2, -0.15) is 5.26 Å². The van der Waals surface area contributed by atoms with Crippen LogP contribution in [0.5, 0.6) is 0 Å². The third kappa shape index (κ3) is 3.86. The van der Waals surface area contributed by atoms with Crippen LogP contribution in [0, 0.1) is 11.3 Å². The zero-order valence-electron chi connectivity index (χ0n) is 7.36. The van der Waals surface area contributed by atoms with E-state index in [2.05, 4.69) is 6.07 Å². The molecule has 0 spiro atoms. The number of nitrogens with zero attached hydrogens (tertiary/aromatic N) is 1. The van der Waals surface area contributed by atoms with Gasteiger partial charge in [-0.1, -0.05) is 0 Å². The van der Waals surface area contributed by atoms with Crippen LogP contribution in [0.15, 0.2) is 29.2 Å². The molecule has 0 aromatic heterocycles. The van der Waals surface area contributed by atoms with Crippen molar-refractivity contribution < 1.29 is 0 Å². The predicted octanol–water partition coefficient (Wildman–Crippen LogP) is 2.66. The number of hydrogen-bond donors (Lipinski definition) is 1. The lowest BCUT2D eigenvalue weighted by Crippen LogP contribution is -1.83. The lowest BCUT2D eigenvalue weighted by atomic mass is 10.3. The summed E-state index contributed by atoms with van der Waals surface area (Å²) in [7, 11) is 0. The molecule has 2 nitrogen and oxygen atoms in total. The van der Waals surface area contributed by atoms with Gasteiger partial charge < -0.3 is 5.73 Å². The van der Waals surface area contributed by atoms with Crippen LogP contribution in [-0.4, -0.2) is 5.75 Å². The van der Waals surface area contributed by atoms with E-state index in [1.54, 1.807) is 11.8 Å². The van der Waals surface area contributed by atoms with Crippen molar-refractivity contribution in [3.63, 3.8) is 0 Å². The van der Waals surface area contributed by atoms with E-state index in [-0.39, 0.29) is 0 Å². The van der Waals surface area contributed by atoms with Crippen LogP contribution < -0.4 is 5.73 Å². The van der Waals surface area contributed by atoms with Gasteiger partial charge in [-0.3, -0.25) is 0 Å². The summed E-state index contributed by atoms with van der Waals surface area (Å²) in [5.41, 5.74) is 6.34. The third-order valence-electron chi connectivity index (χ3n) is 1.58. The first kappa shape index (κ1) is 9.94. The highest BCUT2D eigenvalue weighted by Gasteiger charge is 1.93. The maximum absolute atomic E-state index is 8.32. The second-order valence-electron chi connectivity index (χ2n) is 2.68. The Morgan fingerprint density at radius 1 is 1.31 bits per heavy atom. The second-order valence-corrected chi connectivity index (χ2v) is 3.85. The number of rotatable bonds is 4. The number of nitrogens with two attached hydrogens (primary N) is 1. The zero-order valence-corrected chi connectivity index (χ0v) is 8.18. The summed E-state index contributed by atoms with van der Waals surface area (Å²) >= 11 is 1.76. The number of anilines is 1. The SMILES string of the molecule is N#CCCCSc1ccc(N)cc1. The van der Waals surface area contributed by atoms with E-state index in [1.807, 2.05) is 24.3 Å². The summed E-state index contributed by atoms with van der Waals surface area (Å²) in [5.74, 6) is 0.997. The van der Waals surface area contributed by atoms with Crippen molar-refractivity contribution in [3.8, 4) is 6.07 Å². The highest BCUT2D eigenvalue weighted by Crippen LogP contribution is 2.19. The molecular weight excluding hydrogens is 180 g/mol. The average Bonchev–Trinajstić information content (AvgIpc) is 2.15. The summed E-state index contributed by atoms with van der Waals surface area (Å²) in [6, 6.07) is 9.93. The van der Waals surface area contributed by atoms with Crippen molar-refractivity contribution in [2.75, 3.05) is 11.5 Å². The van der Waals surface area contributed by atoms with E-state index in [4.69, 9.17) is 11.0 Å². The highest BCUT2D eigenvalue weighted by atomic mass is 32.2. The summed E-state index contributed by atoms with van der Waals surface area (Å²) in [6.07, 6.45) is 1.59. The first-order valence-corrected chi connectivity index (χ1v) is 5.17. The van der Waals surface area contributed by atoms with Gasteiger partial charge in [0, 0.05) is 17.0 Å². The van der Waals surface area contributed by atoms with Crippen LogP contribution in [0.2, 0.25) is 0 Å². The average molecular weight is 192 g/mol. The van der Waals surface area contributed by atoms with Crippen molar-refractivity contribution in [1.29, 1.82) is 5.26 Å². The van der Waals surface area contributed by atoms with E-state index in [0.717, 1.165) is 17.9 Å². The molecular formula is C10H12N2S. The first-order valence-electron chi connectivity index (χ1n) is 4.18. The van der Waals surface area contributed by atoms with Crippen LogP contribution in [0.3, 0.4) is 0 Å². The molecule has 1 aromatic rings. The van der Waals surface area contributed by atoms with Crippen LogP contribution in [-0.2, 0) is 0 Å². The van der Waals surface area contributed by atoms with E-state index in [9.17, 15) is 0 Å². The Morgan fingerprint density at radius 2 is 2.00 bits per heavy atom. The minimum atomic E-state index is 0.641. The van der Waals surface area contributed by atoms with Gasteiger partial charge in [-0.15, -0.1) is 11.8 Å². The molecule has 0 aliphatic carbocycles. The summed E-state index contributed by atoms with van der Waals surface area (Å²) in [4.78, 5) is 1.21. The Labute approximate surface area is 82.7 Å². The first-order chi connectivity index (χ1) is 6.33. The van der Waals surface area contributed by atoms with Crippen molar-refractivity contribution in [2.24, 2.45) is 0 Å². The van der Waals surface area contributed by atoms with Gasteiger partial charge in [-0.25, -0.2) is 0 Å². The number of nitriles is 1. The Hall–Kier alpha value is -1.14. The lowest BCUT2D eigenvalue weighted by Gasteiger charge is -1.99. The number of benzene rings is 1. The zero-order chi connectivity index (χ0) is 9.52. The fraction of sp³-hybridized carbons (Fsp3) is 0.300. The summed E-state index contributed by atoms with van der Waals surface area (Å²) in [6.45, 7) is 0. The molecule has 68 valence electrons. The predicted molar refractivity (Wildman–Crippen MR) is 56.4 cm³/mol. The Balaban J connectivity index is 2.30. The monoisotopic (exact) mass is 192 g/mol. The molecule has 0 saturated heterocycles. The van der Waals surface area contributed by atoms with Gasteiger partial charge >= 0.3 is 0 Å². The van der Waals surface area contributed by atoms with Gasteiger partial charge in [0.25, 0.3) is 0 Å². The third-order valence-corrected chi connectivity index (χ3v) is 2.68. The topological polar surface area (TPSA) is 49.8 Å². The van der Waals surface area contributed by atoms with E-state index in [0.29, 0.717) is 6.42 Å². The molecule has 0 aliphatic heterocycles. The number of nitrogen functional groups attached to an aromatic ring is 1. The largest absolute Gasteiger partial charge is 0.399 e. The van der Waals surface area contributed by atoms with Crippen molar-refractivity contribution in [3.05, 3.63) is 24.3 Å². The van der Waals surface area contributed by atoms with Crippen molar-refractivity contribution in [2.45, 2.75) is 17.7 Å². The summed E-state index contributed by atoms with van der Waals surface area (Å²) in [5, 5.41) is 8.32. The van der Waals surface area contributed by atoms with Crippen LogP contribution in [0.1, 0.15) is 12.8 Å². The number of hydrogen-bond acceptors (Lipinski definition) is 3. The van der Waals surface area contributed by atoms with E-state index in [1.165, 1.54) is 4.90 Å². The minimum absolute atomic E-state index is 0.641. The minimum Gasteiger partial charge on any atom is -0.399 e.